The van der Waals surface area contributed by atoms with Crippen LogP contribution in [-0.2, 0) is 18.3 Å². The van der Waals surface area contributed by atoms with Gasteiger partial charge in [0.1, 0.15) is 11.5 Å². The van der Waals surface area contributed by atoms with Crippen LogP contribution in [0.25, 0.3) is 11.3 Å². The Hall–Kier alpha value is -2.63. The molecule has 136 valence electrons. The van der Waals surface area contributed by atoms with E-state index in [9.17, 15) is 0 Å². The molecule has 1 heterocycles. The van der Waals surface area contributed by atoms with Gasteiger partial charge in [0.15, 0.2) is 0 Å². The minimum atomic E-state index is 0.720. The maximum atomic E-state index is 5.87. The van der Waals surface area contributed by atoms with Crippen LogP contribution in [0, 0.1) is 0 Å². The van der Waals surface area contributed by atoms with E-state index in [1.54, 1.807) is 7.11 Å². The molecule has 0 aliphatic carbocycles. The minimum absolute atomic E-state index is 0.720. The lowest BCUT2D eigenvalue weighted by Gasteiger charge is -2.15. The largest absolute Gasteiger partial charge is 0.457 e. The molecule has 5 heteroatoms. The molecule has 0 atom stereocenters. The minimum Gasteiger partial charge on any atom is -0.457 e. The first-order valence-corrected chi connectivity index (χ1v) is 8.69. The monoisotopic (exact) mass is 351 g/mol. The second kappa shape index (κ2) is 8.65. The van der Waals surface area contributed by atoms with Crippen molar-refractivity contribution in [2.75, 3.05) is 27.3 Å². The third-order valence-electron chi connectivity index (χ3n) is 4.13. The Kier molecular flexibility index (Phi) is 6.04. The number of nitrogens with zero attached hydrogens (tertiary/aromatic N) is 3. The molecule has 0 amide bonds. The van der Waals surface area contributed by atoms with Crippen LogP contribution in [0.5, 0.6) is 11.5 Å². The van der Waals surface area contributed by atoms with Gasteiger partial charge in [-0.25, -0.2) is 0 Å². The highest BCUT2D eigenvalue weighted by molar-refractivity contribution is 5.63. The number of methoxy groups -OCH3 is 1. The quantitative estimate of drug-likeness (QED) is 0.616. The number of likely N-dealkylation sites (N-methyl/N-ethyl adjacent to an activating group) is 1. The molecule has 5 nitrogen and oxygen atoms in total. The summed E-state index contributed by atoms with van der Waals surface area (Å²) in [7, 11) is 5.77. The van der Waals surface area contributed by atoms with Crippen LogP contribution in [0.15, 0.2) is 60.8 Å². The Morgan fingerprint density at radius 2 is 1.69 bits per heavy atom. The highest BCUT2D eigenvalue weighted by atomic mass is 16.5. The van der Waals surface area contributed by atoms with Crippen molar-refractivity contribution in [3.63, 3.8) is 0 Å². The summed E-state index contributed by atoms with van der Waals surface area (Å²) in [6.07, 6.45) is 2.08. The van der Waals surface area contributed by atoms with Gasteiger partial charge in [0.05, 0.1) is 12.3 Å². The van der Waals surface area contributed by atoms with Crippen LogP contribution in [0.4, 0.5) is 0 Å². The first-order valence-electron chi connectivity index (χ1n) is 8.69. The van der Waals surface area contributed by atoms with Gasteiger partial charge in [-0.1, -0.05) is 18.2 Å². The summed E-state index contributed by atoms with van der Waals surface area (Å²) in [6, 6.07) is 17.9. The molecule has 0 spiro atoms. The molecule has 0 fully saturated rings. The van der Waals surface area contributed by atoms with Crippen molar-refractivity contribution in [3.8, 4) is 22.8 Å². The normalized spacial score (nSPS) is 11.1. The van der Waals surface area contributed by atoms with Gasteiger partial charge in [-0.2, -0.15) is 5.10 Å². The Morgan fingerprint density at radius 3 is 2.38 bits per heavy atom. The molecular formula is C21H25N3O2. The molecule has 0 saturated heterocycles. The van der Waals surface area contributed by atoms with Crippen molar-refractivity contribution in [3.05, 3.63) is 66.4 Å². The van der Waals surface area contributed by atoms with Gasteiger partial charge in [-0.15, -0.1) is 0 Å². The van der Waals surface area contributed by atoms with E-state index in [2.05, 4.69) is 35.4 Å². The Balaban J connectivity index is 1.74. The first kappa shape index (κ1) is 18.2. The predicted octanol–water partition coefficient (Wildman–Crippen LogP) is 3.96. The molecule has 0 aliphatic rings. The smallest absolute Gasteiger partial charge is 0.127 e. The third kappa shape index (κ3) is 4.71. The van der Waals surface area contributed by atoms with Gasteiger partial charge < -0.3 is 9.47 Å². The SMILES string of the molecule is COCCN(C)Cc1cn(C)nc1-c1ccc(Oc2ccccc2)cc1. The number of rotatable bonds is 8. The van der Waals surface area contributed by atoms with E-state index in [0.29, 0.717) is 0 Å². The molecule has 2 aromatic carbocycles. The maximum Gasteiger partial charge on any atom is 0.127 e. The summed E-state index contributed by atoms with van der Waals surface area (Å²) in [4.78, 5) is 2.23. The number of ether oxygens (including phenoxy) is 2. The van der Waals surface area contributed by atoms with E-state index < -0.39 is 0 Å². The second-order valence-corrected chi connectivity index (χ2v) is 6.35. The van der Waals surface area contributed by atoms with Crippen LogP contribution >= 0.6 is 0 Å². The van der Waals surface area contributed by atoms with Crippen molar-refractivity contribution >= 4 is 0 Å². The number of hydrogen-bond donors (Lipinski definition) is 0. The van der Waals surface area contributed by atoms with E-state index in [1.165, 1.54) is 5.56 Å². The molecule has 3 aromatic rings. The Labute approximate surface area is 154 Å². The van der Waals surface area contributed by atoms with Crippen LogP contribution in [0.2, 0.25) is 0 Å². The number of aryl methyl sites for hydroxylation is 1. The van der Waals surface area contributed by atoms with E-state index in [4.69, 9.17) is 9.47 Å². The lowest BCUT2D eigenvalue weighted by atomic mass is 10.1. The molecule has 0 N–H and O–H groups in total. The van der Waals surface area contributed by atoms with Crippen molar-refractivity contribution in [1.29, 1.82) is 0 Å². The van der Waals surface area contributed by atoms with Crippen LogP contribution in [0.3, 0.4) is 0 Å². The van der Waals surface area contributed by atoms with Crippen LogP contribution < -0.4 is 4.74 Å². The van der Waals surface area contributed by atoms with Crippen molar-refractivity contribution in [1.82, 2.24) is 14.7 Å². The lowest BCUT2D eigenvalue weighted by Crippen LogP contribution is -2.22. The molecule has 0 aliphatic heterocycles. The number of para-hydroxylation sites is 1. The van der Waals surface area contributed by atoms with E-state index in [0.717, 1.165) is 42.5 Å². The van der Waals surface area contributed by atoms with E-state index in [-0.39, 0.29) is 0 Å². The molecule has 1 aromatic heterocycles. The topological polar surface area (TPSA) is 39.5 Å². The van der Waals surface area contributed by atoms with Gasteiger partial charge in [-0.3, -0.25) is 9.58 Å². The molecule has 0 unspecified atom stereocenters. The number of benzene rings is 2. The number of hydrogen-bond acceptors (Lipinski definition) is 4. The molecule has 0 radical (unpaired) electrons. The second-order valence-electron chi connectivity index (χ2n) is 6.35. The Bertz CT molecular complexity index is 813. The van der Waals surface area contributed by atoms with Crippen molar-refractivity contribution < 1.29 is 9.47 Å². The van der Waals surface area contributed by atoms with Crippen LogP contribution in [-0.4, -0.2) is 42.0 Å². The van der Waals surface area contributed by atoms with Crippen molar-refractivity contribution in [2.45, 2.75) is 6.54 Å². The summed E-state index contributed by atoms with van der Waals surface area (Å²) in [5.41, 5.74) is 3.28. The molecule has 0 bridgehead atoms. The zero-order chi connectivity index (χ0) is 18.4. The Morgan fingerprint density at radius 1 is 1.00 bits per heavy atom. The summed E-state index contributed by atoms with van der Waals surface area (Å²) < 4.78 is 12.9. The zero-order valence-electron chi connectivity index (χ0n) is 15.6. The van der Waals surface area contributed by atoms with Gasteiger partial charge in [0.2, 0.25) is 0 Å². The maximum absolute atomic E-state index is 5.87. The summed E-state index contributed by atoms with van der Waals surface area (Å²) in [5, 5.41) is 4.65. The van der Waals surface area contributed by atoms with Crippen molar-refractivity contribution in [2.24, 2.45) is 7.05 Å². The van der Waals surface area contributed by atoms with Gasteiger partial charge in [0, 0.05) is 44.6 Å². The van der Waals surface area contributed by atoms with Gasteiger partial charge >= 0.3 is 0 Å². The van der Waals surface area contributed by atoms with E-state index >= 15 is 0 Å². The lowest BCUT2D eigenvalue weighted by molar-refractivity contribution is 0.158. The molecule has 0 saturated carbocycles. The fourth-order valence-electron chi connectivity index (χ4n) is 2.82. The molecule has 3 rings (SSSR count). The highest BCUT2D eigenvalue weighted by Crippen LogP contribution is 2.27. The summed E-state index contributed by atoms with van der Waals surface area (Å²) in [5.74, 6) is 1.65. The van der Waals surface area contributed by atoms with Gasteiger partial charge in [-0.05, 0) is 43.4 Å². The highest BCUT2D eigenvalue weighted by Gasteiger charge is 2.12. The zero-order valence-corrected chi connectivity index (χ0v) is 15.6. The summed E-state index contributed by atoms with van der Waals surface area (Å²) in [6.45, 7) is 2.43. The average molecular weight is 351 g/mol. The first-order chi connectivity index (χ1) is 12.7. The fourth-order valence-corrected chi connectivity index (χ4v) is 2.82. The molecular weight excluding hydrogens is 326 g/mol. The standard InChI is InChI=1S/C21H25N3O2/c1-23(13-14-25-3)15-18-16-24(2)22-21(18)17-9-11-20(12-10-17)26-19-7-5-4-6-8-19/h4-12,16H,13-15H2,1-3H3. The van der Waals surface area contributed by atoms with Crippen LogP contribution in [0.1, 0.15) is 5.56 Å². The number of aromatic nitrogens is 2. The third-order valence-corrected chi connectivity index (χ3v) is 4.13. The predicted molar refractivity (Wildman–Crippen MR) is 103 cm³/mol. The average Bonchev–Trinajstić information content (AvgIpc) is 3.01. The molecule has 26 heavy (non-hydrogen) atoms. The van der Waals surface area contributed by atoms with E-state index in [1.807, 2.05) is 54.2 Å². The summed E-state index contributed by atoms with van der Waals surface area (Å²) >= 11 is 0. The fraction of sp³-hybridized carbons (Fsp3) is 0.286. The van der Waals surface area contributed by atoms with Gasteiger partial charge in [0.25, 0.3) is 0 Å².